The van der Waals surface area contributed by atoms with Crippen LogP contribution in [0.4, 0.5) is 5.69 Å². The number of ether oxygens (including phenoxy) is 1. The van der Waals surface area contributed by atoms with E-state index >= 15 is 0 Å². The number of benzene rings is 1. The largest absolute Gasteiger partial charge is 0.478 e. The average Bonchev–Trinajstić information content (AvgIpc) is 2.55. The zero-order valence-corrected chi connectivity index (χ0v) is 15.6. The summed E-state index contributed by atoms with van der Waals surface area (Å²) in [6.07, 6.45) is 2.59. The third-order valence-corrected chi connectivity index (χ3v) is 4.45. The Hall–Kier alpha value is -1.55. The SMILES string of the molecule is CCCCCN1C(=O)C(C(C)C)Oc2ccc(C(=O)C(C)Cl)cc21. The number of hydrogen-bond acceptors (Lipinski definition) is 3. The third-order valence-electron chi connectivity index (χ3n) is 4.25. The van der Waals surface area contributed by atoms with Gasteiger partial charge in [-0.1, -0.05) is 33.6 Å². The molecule has 2 unspecified atom stereocenters. The fourth-order valence-corrected chi connectivity index (χ4v) is 2.97. The van der Waals surface area contributed by atoms with Crippen molar-refractivity contribution in [1.82, 2.24) is 0 Å². The van der Waals surface area contributed by atoms with Crippen LogP contribution in [0.5, 0.6) is 5.75 Å². The van der Waals surface area contributed by atoms with Crippen LogP contribution in [-0.2, 0) is 4.79 Å². The number of anilines is 1. The lowest BCUT2D eigenvalue weighted by Gasteiger charge is -2.36. The monoisotopic (exact) mass is 351 g/mol. The quantitative estimate of drug-likeness (QED) is 0.414. The average molecular weight is 352 g/mol. The van der Waals surface area contributed by atoms with Gasteiger partial charge in [0, 0.05) is 12.1 Å². The van der Waals surface area contributed by atoms with Gasteiger partial charge in [-0.2, -0.15) is 0 Å². The summed E-state index contributed by atoms with van der Waals surface area (Å²) in [5, 5.41) is -0.597. The Balaban J connectivity index is 2.39. The van der Waals surface area contributed by atoms with Crippen LogP contribution in [0, 0.1) is 5.92 Å². The van der Waals surface area contributed by atoms with Crippen molar-refractivity contribution in [3.63, 3.8) is 0 Å². The predicted octanol–water partition coefficient (Wildman–Crippen LogP) is 4.44. The van der Waals surface area contributed by atoms with E-state index in [2.05, 4.69) is 6.92 Å². The number of unbranched alkanes of at least 4 members (excludes halogenated alkanes) is 2. The summed E-state index contributed by atoms with van der Waals surface area (Å²) in [5.41, 5.74) is 1.19. The van der Waals surface area contributed by atoms with Gasteiger partial charge in [0.1, 0.15) is 5.75 Å². The fourth-order valence-electron chi connectivity index (χ4n) is 2.84. The van der Waals surface area contributed by atoms with Gasteiger partial charge >= 0.3 is 0 Å². The number of rotatable bonds is 7. The molecule has 5 heteroatoms. The van der Waals surface area contributed by atoms with Crippen LogP contribution in [-0.4, -0.2) is 29.7 Å². The zero-order chi connectivity index (χ0) is 17.9. The van der Waals surface area contributed by atoms with Gasteiger partial charge in [-0.25, -0.2) is 0 Å². The molecule has 0 fully saturated rings. The number of fused-ring (bicyclic) bond motifs is 1. The van der Waals surface area contributed by atoms with Crippen LogP contribution in [0.15, 0.2) is 18.2 Å². The molecule has 2 atom stereocenters. The minimum atomic E-state index is -0.597. The maximum Gasteiger partial charge on any atom is 0.268 e. The number of alkyl halides is 1. The van der Waals surface area contributed by atoms with Crippen LogP contribution in [0.25, 0.3) is 0 Å². The Bertz CT molecular complexity index is 613. The first-order chi connectivity index (χ1) is 11.4. The molecule has 0 bridgehead atoms. The second-order valence-corrected chi connectivity index (χ2v) is 7.30. The number of halogens is 1. The second kappa shape index (κ2) is 8.02. The molecule has 2 rings (SSSR count). The van der Waals surface area contributed by atoms with Gasteiger partial charge in [-0.3, -0.25) is 9.59 Å². The lowest BCUT2D eigenvalue weighted by atomic mass is 10.0. The molecule has 0 spiro atoms. The summed E-state index contributed by atoms with van der Waals surface area (Å²) in [7, 11) is 0. The number of Topliss-reactive ketones (excluding diaryl/α,β-unsaturated/α-hetero) is 1. The molecule has 0 aliphatic carbocycles. The van der Waals surface area contributed by atoms with Crippen molar-refractivity contribution < 1.29 is 14.3 Å². The molecule has 0 radical (unpaired) electrons. The van der Waals surface area contributed by atoms with Gasteiger partial charge in [0.15, 0.2) is 11.9 Å². The Morgan fingerprint density at radius 2 is 2.00 bits per heavy atom. The predicted molar refractivity (Wildman–Crippen MR) is 97.2 cm³/mol. The topological polar surface area (TPSA) is 46.6 Å². The summed E-state index contributed by atoms with van der Waals surface area (Å²) >= 11 is 5.92. The van der Waals surface area contributed by atoms with Gasteiger partial charge in [-0.05, 0) is 37.5 Å². The lowest BCUT2D eigenvalue weighted by molar-refractivity contribution is -0.128. The Morgan fingerprint density at radius 1 is 1.29 bits per heavy atom. The number of carbonyl (C=O) groups is 2. The van der Waals surface area contributed by atoms with Gasteiger partial charge in [0.05, 0.1) is 11.1 Å². The number of nitrogens with zero attached hydrogens (tertiary/aromatic N) is 1. The normalized spacial score (nSPS) is 18.3. The number of amides is 1. The highest BCUT2D eigenvalue weighted by molar-refractivity contribution is 6.33. The van der Waals surface area contributed by atoms with Gasteiger partial charge in [-0.15, -0.1) is 11.6 Å². The molecule has 1 aliphatic rings. The van der Waals surface area contributed by atoms with Crippen LogP contribution in [0.3, 0.4) is 0 Å². The minimum absolute atomic E-state index is 0.0304. The molecule has 132 valence electrons. The van der Waals surface area contributed by atoms with Crippen molar-refractivity contribution >= 4 is 29.0 Å². The van der Waals surface area contributed by atoms with E-state index in [9.17, 15) is 9.59 Å². The van der Waals surface area contributed by atoms with E-state index < -0.39 is 11.5 Å². The number of hydrogen-bond donors (Lipinski definition) is 0. The highest BCUT2D eigenvalue weighted by atomic mass is 35.5. The molecule has 1 amide bonds. The van der Waals surface area contributed by atoms with Crippen LogP contribution >= 0.6 is 11.6 Å². The first-order valence-corrected chi connectivity index (χ1v) is 9.10. The highest BCUT2D eigenvalue weighted by Crippen LogP contribution is 2.37. The van der Waals surface area contributed by atoms with Gasteiger partial charge in [0.25, 0.3) is 5.91 Å². The zero-order valence-electron chi connectivity index (χ0n) is 14.8. The molecule has 1 aromatic rings. The molecule has 1 aromatic carbocycles. The Kier molecular flexibility index (Phi) is 6.27. The number of carbonyl (C=O) groups excluding carboxylic acids is 2. The smallest absolute Gasteiger partial charge is 0.268 e. The standard InChI is InChI=1S/C19H26ClNO3/c1-5-6-7-10-21-15-11-14(17(22)13(4)20)8-9-16(15)24-18(12(2)3)19(21)23/h8-9,11-13,18H,5-7,10H2,1-4H3. The van der Waals surface area contributed by atoms with Crippen molar-refractivity contribution in [3.8, 4) is 5.75 Å². The van der Waals surface area contributed by atoms with E-state index in [1.807, 2.05) is 13.8 Å². The Labute approximate surface area is 149 Å². The molecule has 1 aliphatic heterocycles. The molecule has 0 saturated heterocycles. The molecule has 0 aromatic heterocycles. The summed E-state index contributed by atoms with van der Waals surface area (Å²) in [5.74, 6) is 0.565. The van der Waals surface area contributed by atoms with Crippen molar-refractivity contribution in [2.75, 3.05) is 11.4 Å². The summed E-state index contributed by atoms with van der Waals surface area (Å²) in [4.78, 5) is 26.8. The van der Waals surface area contributed by atoms with Crippen molar-refractivity contribution in [2.45, 2.75) is 58.4 Å². The van der Waals surface area contributed by atoms with Gasteiger partial charge < -0.3 is 9.64 Å². The van der Waals surface area contributed by atoms with E-state index in [-0.39, 0.29) is 17.6 Å². The van der Waals surface area contributed by atoms with Crippen molar-refractivity contribution in [1.29, 1.82) is 0 Å². The first-order valence-electron chi connectivity index (χ1n) is 8.67. The van der Waals surface area contributed by atoms with E-state index in [4.69, 9.17) is 16.3 Å². The second-order valence-electron chi connectivity index (χ2n) is 6.64. The number of ketones is 1. The van der Waals surface area contributed by atoms with Crippen molar-refractivity contribution in [2.24, 2.45) is 5.92 Å². The fraction of sp³-hybridized carbons (Fsp3) is 0.579. The first kappa shape index (κ1) is 18.8. The van der Waals surface area contributed by atoms with Crippen LogP contribution in [0.1, 0.15) is 57.3 Å². The van der Waals surface area contributed by atoms with Crippen LogP contribution in [0.2, 0.25) is 0 Å². The lowest BCUT2D eigenvalue weighted by Crippen LogP contribution is -2.48. The van der Waals surface area contributed by atoms with E-state index in [1.54, 1.807) is 30.0 Å². The third kappa shape index (κ3) is 3.92. The van der Waals surface area contributed by atoms with Crippen LogP contribution < -0.4 is 9.64 Å². The molecular formula is C19H26ClNO3. The van der Waals surface area contributed by atoms with Crippen molar-refractivity contribution in [3.05, 3.63) is 23.8 Å². The minimum Gasteiger partial charge on any atom is -0.478 e. The van der Waals surface area contributed by atoms with E-state index in [1.165, 1.54) is 0 Å². The van der Waals surface area contributed by atoms with E-state index in [0.717, 1.165) is 19.3 Å². The van der Waals surface area contributed by atoms with Gasteiger partial charge in [0.2, 0.25) is 0 Å². The molecule has 4 nitrogen and oxygen atoms in total. The molecule has 1 heterocycles. The Morgan fingerprint density at radius 3 is 2.58 bits per heavy atom. The maximum absolute atomic E-state index is 12.8. The molecular weight excluding hydrogens is 326 g/mol. The molecule has 0 N–H and O–H groups in total. The molecule has 0 saturated carbocycles. The highest BCUT2D eigenvalue weighted by Gasteiger charge is 2.36. The summed E-state index contributed by atoms with van der Waals surface area (Å²) < 4.78 is 5.90. The summed E-state index contributed by atoms with van der Waals surface area (Å²) in [6.45, 7) is 8.37. The maximum atomic E-state index is 12.8. The molecule has 24 heavy (non-hydrogen) atoms. The summed E-state index contributed by atoms with van der Waals surface area (Å²) in [6, 6.07) is 5.23. The van der Waals surface area contributed by atoms with E-state index in [0.29, 0.717) is 23.5 Å².